The van der Waals surface area contributed by atoms with Gasteiger partial charge in [-0.25, -0.2) is 4.98 Å². The zero-order valence-electron chi connectivity index (χ0n) is 9.51. The van der Waals surface area contributed by atoms with Crippen molar-refractivity contribution in [1.29, 1.82) is 0 Å². The Morgan fingerprint density at radius 2 is 2.25 bits per heavy atom. The smallest absolute Gasteiger partial charge is 0.255 e. The monoisotopic (exact) mass is 214 g/mol. The van der Waals surface area contributed by atoms with Gasteiger partial charge in [0.1, 0.15) is 6.33 Å². The van der Waals surface area contributed by atoms with Crippen molar-refractivity contribution in [2.75, 3.05) is 0 Å². The zero-order chi connectivity index (χ0) is 11.1. The molecule has 2 heterocycles. The predicted octanol–water partition coefficient (Wildman–Crippen LogP) is 2.11. The van der Waals surface area contributed by atoms with Crippen LogP contribution in [-0.4, -0.2) is 19.6 Å². The first-order valence-electron chi connectivity index (χ1n) is 5.65. The summed E-state index contributed by atoms with van der Waals surface area (Å²) in [6.45, 7) is 4.44. The molecule has 0 spiro atoms. The number of nitrogens with zero attached hydrogens (tertiary/aromatic N) is 4. The summed E-state index contributed by atoms with van der Waals surface area (Å²) in [7, 11) is 0. The fraction of sp³-hybridized carbons (Fsp3) is 0.417. The van der Waals surface area contributed by atoms with Crippen LogP contribution in [0.5, 0.6) is 0 Å². The summed E-state index contributed by atoms with van der Waals surface area (Å²) in [6, 6.07) is 0. The normalized spacial score (nSPS) is 15.3. The SMILES string of the molecule is CC(C)C1=CCCc2nc3nncn3cc21. The molecule has 0 fully saturated rings. The summed E-state index contributed by atoms with van der Waals surface area (Å²) in [5.41, 5.74) is 3.81. The quantitative estimate of drug-likeness (QED) is 0.730. The fourth-order valence-corrected chi connectivity index (χ4v) is 2.25. The second-order valence-electron chi connectivity index (χ2n) is 4.49. The third kappa shape index (κ3) is 1.33. The van der Waals surface area contributed by atoms with Crippen LogP contribution in [0, 0.1) is 5.92 Å². The Morgan fingerprint density at radius 3 is 3.06 bits per heavy atom. The summed E-state index contributed by atoms with van der Waals surface area (Å²) >= 11 is 0. The third-order valence-corrected chi connectivity index (χ3v) is 3.05. The van der Waals surface area contributed by atoms with Crippen LogP contribution in [0.15, 0.2) is 18.6 Å². The molecule has 82 valence electrons. The Labute approximate surface area is 94.0 Å². The van der Waals surface area contributed by atoms with Crippen LogP contribution < -0.4 is 0 Å². The molecule has 0 amide bonds. The molecule has 4 heteroatoms. The van der Waals surface area contributed by atoms with E-state index in [2.05, 4.69) is 41.3 Å². The lowest BCUT2D eigenvalue weighted by atomic mass is 9.89. The van der Waals surface area contributed by atoms with E-state index in [-0.39, 0.29) is 0 Å². The summed E-state index contributed by atoms with van der Waals surface area (Å²) in [4.78, 5) is 4.56. The molecular formula is C12H14N4. The highest BCUT2D eigenvalue weighted by Gasteiger charge is 2.17. The van der Waals surface area contributed by atoms with Gasteiger partial charge in [-0.1, -0.05) is 19.9 Å². The highest BCUT2D eigenvalue weighted by molar-refractivity contribution is 5.70. The molecule has 0 aromatic carbocycles. The van der Waals surface area contributed by atoms with Crippen LogP contribution in [0.25, 0.3) is 11.4 Å². The number of fused-ring (bicyclic) bond motifs is 2. The van der Waals surface area contributed by atoms with Crippen molar-refractivity contribution in [3.8, 4) is 0 Å². The molecule has 16 heavy (non-hydrogen) atoms. The highest BCUT2D eigenvalue weighted by Crippen LogP contribution is 2.30. The molecule has 0 atom stereocenters. The Morgan fingerprint density at radius 1 is 1.38 bits per heavy atom. The maximum atomic E-state index is 4.56. The van der Waals surface area contributed by atoms with E-state index in [1.807, 2.05) is 4.40 Å². The van der Waals surface area contributed by atoms with Crippen molar-refractivity contribution in [3.05, 3.63) is 29.9 Å². The van der Waals surface area contributed by atoms with Crippen molar-refractivity contribution in [2.45, 2.75) is 26.7 Å². The standard InChI is InChI=1S/C12H14N4/c1-8(2)9-4-3-5-11-10(9)6-16-7-13-15-12(16)14-11/h4,6-8H,3,5H2,1-2H3. The van der Waals surface area contributed by atoms with E-state index >= 15 is 0 Å². The Kier molecular flexibility index (Phi) is 2.02. The van der Waals surface area contributed by atoms with Gasteiger partial charge in [0.2, 0.25) is 0 Å². The largest absolute Gasteiger partial charge is 0.272 e. The third-order valence-electron chi connectivity index (χ3n) is 3.05. The van der Waals surface area contributed by atoms with Gasteiger partial charge in [0.15, 0.2) is 0 Å². The number of allylic oxidation sites excluding steroid dienone is 2. The molecule has 3 rings (SSSR count). The van der Waals surface area contributed by atoms with Crippen molar-refractivity contribution in [1.82, 2.24) is 19.6 Å². The van der Waals surface area contributed by atoms with Crippen molar-refractivity contribution in [3.63, 3.8) is 0 Å². The second kappa shape index (κ2) is 3.40. The van der Waals surface area contributed by atoms with Gasteiger partial charge in [-0.3, -0.25) is 4.40 Å². The average Bonchev–Trinajstić information content (AvgIpc) is 2.71. The lowest BCUT2D eigenvalue weighted by Gasteiger charge is -2.19. The fourth-order valence-electron chi connectivity index (χ4n) is 2.25. The maximum absolute atomic E-state index is 4.56. The number of hydrogen-bond donors (Lipinski definition) is 0. The van der Waals surface area contributed by atoms with E-state index in [1.165, 1.54) is 11.1 Å². The van der Waals surface area contributed by atoms with Crippen LogP contribution >= 0.6 is 0 Å². The lowest BCUT2D eigenvalue weighted by molar-refractivity contribution is 0.811. The average molecular weight is 214 g/mol. The van der Waals surface area contributed by atoms with Crippen LogP contribution in [0.4, 0.5) is 0 Å². The molecule has 0 saturated carbocycles. The topological polar surface area (TPSA) is 43.1 Å². The minimum Gasteiger partial charge on any atom is -0.272 e. The van der Waals surface area contributed by atoms with Crippen LogP contribution in [0.1, 0.15) is 31.5 Å². The molecule has 1 aliphatic rings. The minimum atomic E-state index is 0.537. The molecule has 0 saturated heterocycles. The lowest BCUT2D eigenvalue weighted by Crippen LogP contribution is -2.08. The van der Waals surface area contributed by atoms with Crippen molar-refractivity contribution in [2.24, 2.45) is 5.92 Å². The summed E-state index contributed by atoms with van der Waals surface area (Å²) < 4.78 is 1.89. The van der Waals surface area contributed by atoms with Crippen molar-refractivity contribution >= 4 is 11.4 Å². The van der Waals surface area contributed by atoms with Crippen LogP contribution in [0.3, 0.4) is 0 Å². The van der Waals surface area contributed by atoms with Crippen molar-refractivity contribution < 1.29 is 0 Å². The summed E-state index contributed by atoms with van der Waals surface area (Å²) in [5, 5.41) is 7.85. The molecular weight excluding hydrogens is 200 g/mol. The zero-order valence-corrected chi connectivity index (χ0v) is 9.51. The first-order valence-corrected chi connectivity index (χ1v) is 5.65. The number of rotatable bonds is 1. The van der Waals surface area contributed by atoms with E-state index in [0.717, 1.165) is 18.5 Å². The minimum absolute atomic E-state index is 0.537. The molecule has 0 bridgehead atoms. The van der Waals surface area contributed by atoms with Crippen LogP contribution in [-0.2, 0) is 6.42 Å². The van der Waals surface area contributed by atoms with E-state index in [1.54, 1.807) is 6.33 Å². The highest BCUT2D eigenvalue weighted by atomic mass is 15.3. The van der Waals surface area contributed by atoms with Gasteiger partial charge >= 0.3 is 0 Å². The molecule has 4 nitrogen and oxygen atoms in total. The Bertz CT molecular complexity index is 565. The van der Waals surface area contributed by atoms with E-state index in [0.29, 0.717) is 11.7 Å². The van der Waals surface area contributed by atoms with Crippen LogP contribution in [0.2, 0.25) is 0 Å². The van der Waals surface area contributed by atoms with Gasteiger partial charge in [0.05, 0.1) is 5.69 Å². The van der Waals surface area contributed by atoms with E-state index in [4.69, 9.17) is 0 Å². The Hall–Kier alpha value is -1.71. The molecule has 0 unspecified atom stereocenters. The van der Waals surface area contributed by atoms with E-state index < -0.39 is 0 Å². The van der Waals surface area contributed by atoms with Gasteiger partial charge in [0.25, 0.3) is 5.78 Å². The number of aromatic nitrogens is 4. The van der Waals surface area contributed by atoms with Gasteiger partial charge in [-0.15, -0.1) is 10.2 Å². The van der Waals surface area contributed by atoms with Gasteiger partial charge < -0.3 is 0 Å². The summed E-state index contributed by atoms with van der Waals surface area (Å²) in [5.74, 6) is 1.23. The molecule has 2 aromatic rings. The second-order valence-corrected chi connectivity index (χ2v) is 4.49. The molecule has 1 aliphatic carbocycles. The molecule has 2 aromatic heterocycles. The van der Waals surface area contributed by atoms with Gasteiger partial charge in [-0.2, -0.15) is 0 Å². The first kappa shape index (κ1) is 9.51. The van der Waals surface area contributed by atoms with Gasteiger partial charge in [0, 0.05) is 11.8 Å². The summed E-state index contributed by atoms with van der Waals surface area (Å²) in [6.07, 6.45) is 8.22. The predicted molar refractivity (Wildman–Crippen MR) is 61.9 cm³/mol. The number of hydrogen-bond acceptors (Lipinski definition) is 3. The molecule has 0 N–H and O–H groups in total. The first-order chi connectivity index (χ1) is 7.75. The maximum Gasteiger partial charge on any atom is 0.255 e. The molecule has 0 radical (unpaired) electrons. The molecule has 0 aliphatic heterocycles. The Balaban J connectivity index is 2.24. The van der Waals surface area contributed by atoms with E-state index in [9.17, 15) is 0 Å². The number of aryl methyl sites for hydroxylation is 1. The van der Waals surface area contributed by atoms with Gasteiger partial charge in [-0.05, 0) is 24.3 Å².